The van der Waals surface area contributed by atoms with E-state index in [0.29, 0.717) is 11.6 Å². The molecule has 3 heterocycles. The zero-order valence-corrected chi connectivity index (χ0v) is 17.9. The summed E-state index contributed by atoms with van der Waals surface area (Å²) in [6, 6.07) is 12.9. The molecule has 1 atom stereocenters. The number of amides is 2. The molecular formula is C23H24ClN3O4. The van der Waals surface area contributed by atoms with Gasteiger partial charge in [0.2, 0.25) is 18.6 Å². The molecule has 0 spiro atoms. The average molecular weight is 442 g/mol. The molecule has 5 rings (SSSR count). The predicted octanol–water partition coefficient (Wildman–Crippen LogP) is 2.51. The Morgan fingerprint density at radius 2 is 1.58 bits per heavy atom. The Labute approximate surface area is 186 Å². The highest BCUT2D eigenvalue weighted by Crippen LogP contribution is 2.33. The second kappa shape index (κ2) is 8.49. The highest BCUT2D eigenvalue weighted by Gasteiger charge is 2.42. The van der Waals surface area contributed by atoms with Crippen LogP contribution in [0, 0.1) is 0 Å². The van der Waals surface area contributed by atoms with E-state index in [4.69, 9.17) is 21.1 Å². The Morgan fingerprint density at radius 3 is 2.35 bits per heavy atom. The number of hydrogen-bond acceptors (Lipinski definition) is 6. The zero-order chi connectivity index (χ0) is 21.4. The zero-order valence-electron chi connectivity index (χ0n) is 17.1. The number of halogens is 1. The van der Waals surface area contributed by atoms with Crippen molar-refractivity contribution in [3.8, 4) is 11.5 Å². The summed E-state index contributed by atoms with van der Waals surface area (Å²) in [4.78, 5) is 31.4. The lowest BCUT2D eigenvalue weighted by Gasteiger charge is -2.37. The van der Waals surface area contributed by atoms with Crippen LogP contribution in [-0.2, 0) is 22.7 Å². The van der Waals surface area contributed by atoms with Gasteiger partial charge in [-0.1, -0.05) is 29.8 Å². The maximum Gasteiger partial charge on any atom is 0.247 e. The molecule has 1 unspecified atom stereocenters. The minimum atomic E-state index is -0.354. The monoisotopic (exact) mass is 441 g/mol. The van der Waals surface area contributed by atoms with E-state index in [9.17, 15) is 9.59 Å². The summed E-state index contributed by atoms with van der Waals surface area (Å²) < 4.78 is 10.8. The Balaban J connectivity index is 1.16. The quantitative estimate of drug-likeness (QED) is 0.664. The Kier molecular flexibility index (Phi) is 5.56. The first-order valence-electron chi connectivity index (χ1n) is 10.5. The fraction of sp³-hybridized carbons (Fsp3) is 0.391. The second-order valence-electron chi connectivity index (χ2n) is 8.16. The molecule has 0 aromatic heterocycles. The fourth-order valence-electron chi connectivity index (χ4n) is 4.42. The largest absolute Gasteiger partial charge is 0.454 e. The van der Waals surface area contributed by atoms with Crippen LogP contribution in [0.2, 0.25) is 5.02 Å². The number of rotatable bonds is 5. The molecule has 31 heavy (non-hydrogen) atoms. The Hall–Kier alpha value is -2.61. The highest BCUT2D eigenvalue weighted by molar-refractivity contribution is 6.30. The van der Waals surface area contributed by atoms with Gasteiger partial charge < -0.3 is 9.47 Å². The van der Waals surface area contributed by atoms with Gasteiger partial charge in [0.1, 0.15) is 0 Å². The number of likely N-dealkylation sites (tertiary alicyclic amines) is 1. The number of piperazine rings is 1. The molecule has 0 radical (unpaired) electrons. The minimum Gasteiger partial charge on any atom is -0.454 e. The number of carbonyl (C=O) groups excluding carboxylic acids is 2. The van der Waals surface area contributed by atoms with Crippen molar-refractivity contribution in [2.24, 2.45) is 0 Å². The van der Waals surface area contributed by atoms with Crippen molar-refractivity contribution >= 4 is 23.4 Å². The maximum atomic E-state index is 13.0. The molecule has 0 saturated carbocycles. The summed E-state index contributed by atoms with van der Waals surface area (Å²) in [6.45, 7) is 4.64. The molecule has 3 aliphatic rings. The van der Waals surface area contributed by atoms with E-state index in [1.54, 1.807) is 12.1 Å². The molecule has 0 N–H and O–H groups in total. The Morgan fingerprint density at radius 1 is 0.871 bits per heavy atom. The van der Waals surface area contributed by atoms with Crippen molar-refractivity contribution in [1.82, 2.24) is 14.7 Å². The van der Waals surface area contributed by atoms with Gasteiger partial charge in [-0.05, 0) is 35.4 Å². The molecule has 3 aliphatic heterocycles. The third-order valence-electron chi connectivity index (χ3n) is 6.16. The van der Waals surface area contributed by atoms with Gasteiger partial charge in [0.05, 0.1) is 19.0 Å². The minimum absolute atomic E-state index is 0.0934. The predicted molar refractivity (Wildman–Crippen MR) is 115 cm³/mol. The van der Waals surface area contributed by atoms with E-state index in [1.165, 1.54) is 10.5 Å². The van der Waals surface area contributed by atoms with E-state index < -0.39 is 0 Å². The first kappa shape index (κ1) is 20.3. The van der Waals surface area contributed by atoms with Crippen LogP contribution in [0.15, 0.2) is 42.5 Å². The van der Waals surface area contributed by atoms with Gasteiger partial charge in [0.15, 0.2) is 11.5 Å². The van der Waals surface area contributed by atoms with Gasteiger partial charge in [-0.25, -0.2) is 0 Å². The standard InChI is InChI=1S/C23H24ClN3O4/c24-18-4-1-16(2-5-18)14-27-22(28)12-19(23(27)29)26-9-7-25(8-10-26)13-17-3-6-20-21(11-17)31-15-30-20/h1-6,11,19H,7-10,12-15H2. The lowest BCUT2D eigenvalue weighted by molar-refractivity contribution is -0.140. The van der Waals surface area contributed by atoms with Crippen LogP contribution in [0.3, 0.4) is 0 Å². The molecule has 2 saturated heterocycles. The number of hydrogen-bond donors (Lipinski definition) is 0. The smallest absolute Gasteiger partial charge is 0.247 e. The number of imide groups is 1. The summed E-state index contributed by atoms with van der Waals surface area (Å²) in [6.07, 6.45) is 0.259. The van der Waals surface area contributed by atoms with E-state index >= 15 is 0 Å². The van der Waals surface area contributed by atoms with Crippen LogP contribution in [0.5, 0.6) is 11.5 Å². The lowest BCUT2D eigenvalue weighted by atomic mass is 10.1. The van der Waals surface area contributed by atoms with Crippen LogP contribution in [0.4, 0.5) is 0 Å². The van der Waals surface area contributed by atoms with Gasteiger partial charge in [-0.2, -0.15) is 0 Å². The SMILES string of the molecule is O=C1CC(N2CCN(Cc3ccc4c(c3)OCO4)CC2)C(=O)N1Cc1ccc(Cl)cc1. The molecule has 162 valence electrons. The van der Waals surface area contributed by atoms with Gasteiger partial charge >= 0.3 is 0 Å². The van der Waals surface area contributed by atoms with E-state index in [-0.39, 0.29) is 31.1 Å². The van der Waals surface area contributed by atoms with Crippen LogP contribution >= 0.6 is 11.6 Å². The number of carbonyl (C=O) groups is 2. The number of ether oxygens (including phenoxy) is 2. The summed E-state index contributed by atoms with van der Waals surface area (Å²) in [5, 5.41) is 0.638. The van der Waals surface area contributed by atoms with Gasteiger partial charge in [0.25, 0.3) is 0 Å². The third kappa shape index (κ3) is 4.26. The Bertz CT molecular complexity index is 989. The molecule has 0 bridgehead atoms. The van der Waals surface area contributed by atoms with Gasteiger partial charge in [-0.15, -0.1) is 0 Å². The molecule has 2 aromatic carbocycles. The molecular weight excluding hydrogens is 418 g/mol. The number of nitrogens with zero attached hydrogens (tertiary/aromatic N) is 3. The topological polar surface area (TPSA) is 62.3 Å². The first-order chi connectivity index (χ1) is 15.1. The van der Waals surface area contributed by atoms with Crippen LogP contribution in [0.1, 0.15) is 17.5 Å². The van der Waals surface area contributed by atoms with Crippen molar-refractivity contribution in [2.75, 3.05) is 33.0 Å². The van der Waals surface area contributed by atoms with Crippen molar-refractivity contribution in [2.45, 2.75) is 25.6 Å². The van der Waals surface area contributed by atoms with Crippen molar-refractivity contribution < 1.29 is 19.1 Å². The molecule has 2 fully saturated rings. The second-order valence-corrected chi connectivity index (χ2v) is 8.60. The van der Waals surface area contributed by atoms with Crippen LogP contribution in [0.25, 0.3) is 0 Å². The number of fused-ring (bicyclic) bond motifs is 1. The normalized spacial score (nSPS) is 21.8. The molecule has 8 heteroatoms. The fourth-order valence-corrected chi connectivity index (χ4v) is 4.55. The van der Waals surface area contributed by atoms with E-state index in [0.717, 1.165) is 49.8 Å². The van der Waals surface area contributed by atoms with Crippen LogP contribution < -0.4 is 9.47 Å². The van der Waals surface area contributed by atoms with Crippen LogP contribution in [-0.4, -0.2) is 65.5 Å². The lowest BCUT2D eigenvalue weighted by Crippen LogP contribution is -2.52. The number of benzene rings is 2. The average Bonchev–Trinajstić information content (AvgIpc) is 3.35. The van der Waals surface area contributed by atoms with Crippen molar-refractivity contribution in [3.05, 3.63) is 58.6 Å². The van der Waals surface area contributed by atoms with Crippen molar-refractivity contribution in [3.63, 3.8) is 0 Å². The van der Waals surface area contributed by atoms with Gasteiger partial charge in [-0.3, -0.25) is 24.3 Å². The third-order valence-corrected chi connectivity index (χ3v) is 6.42. The maximum absolute atomic E-state index is 13.0. The summed E-state index contributed by atoms with van der Waals surface area (Å²) in [7, 11) is 0. The van der Waals surface area contributed by atoms with E-state index in [2.05, 4.69) is 15.9 Å². The van der Waals surface area contributed by atoms with Crippen molar-refractivity contribution in [1.29, 1.82) is 0 Å². The highest BCUT2D eigenvalue weighted by atomic mass is 35.5. The molecule has 2 amide bonds. The first-order valence-corrected chi connectivity index (χ1v) is 10.9. The molecule has 2 aromatic rings. The summed E-state index contributed by atoms with van der Waals surface area (Å²) >= 11 is 5.93. The molecule has 0 aliphatic carbocycles. The summed E-state index contributed by atoms with van der Waals surface area (Å²) in [5.74, 6) is 1.39. The van der Waals surface area contributed by atoms with E-state index in [1.807, 2.05) is 24.3 Å². The van der Waals surface area contributed by atoms with Gasteiger partial charge in [0, 0.05) is 37.7 Å². The summed E-state index contributed by atoms with van der Waals surface area (Å²) in [5.41, 5.74) is 2.08. The molecule has 7 nitrogen and oxygen atoms in total.